The van der Waals surface area contributed by atoms with Crippen molar-refractivity contribution in [3.8, 4) is 5.75 Å². The highest BCUT2D eigenvalue weighted by molar-refractivity contribution is 5.94. The molecule has 2 aliphatic heterocycles. The van der Waals surface area contributed by atoms with Crippen LogP contribution in [-0.4, -0.2) is 91.7 Å². The lowest BCUT2D eigenvalue weighted by atomic mass is 10.1. The van der Waals surface area contributed by atoms with E-state index in [1.807, 2.05) is 36.1 Å². The van der Waals surface area contributed by atoms with Gasteiger partial charge in [0.15, 0.2) is 0 Å². The highest BCUT2D eigenvalue weighted by atomic mass is 16.5. The number of likely N-dealkylation sites (N-methyl/N-ethyl adjacent to an activating group) is 1. The zero-order chi connectivity index (χ0) is 23.9. The molecule has 0 bridgehead atoms. The number of ether oxygens (including phenoxy) is 1. The summed E-state index contributed by atoms with van der Waals surface area (Å²) >= 11 is 0. The highest BCUT2D eigenvalue weighted by Crippen LogP contribution is 2.22. The summed E-state index contributed by atoms with van der Waals surface area (Å²) in [7, 11) is 2.16. The largest absolute Gasteiger partial charge is 0.494 e. The molecule has 2 aliphatic rings. The molecule has 0 N–H and O–H groups in total. The molecule has 34 heavy (non-hydrogen) atoms. The van der Waals surface area contributed by atoms with Crippen LogP contribution in [0.5, 0.6) is 5.75 Å². The van der Waals surface area contributed by atoms with Crippen LogP contribution in [0.15, 0.2) is 30.3 Å². The van der Waals surface area contributed by atoms with Gasteiger partial charge in [-0.2, -0.15) is 0 Å². The standard InChI is InChI=1S/C26H38N6O2/c1-4-5-6-19-34-23-9-7-22(8-10-23)26(33)32-17-15-31(16-18-32)25-20-24(27-21(2)28-25)30-13-11-29(3)12-14-30/h7-10,20H,4-6,11-19H2,1-3H3. The first-order valence-corrected chi connectivity index (χ1v) is 12.6. The molecule has 184 valence electrons. The molecule has 2 fully saturated rings. The van der Waals surface area contributed by atoms with E-state index in [0.717, 1.165) is 75.5 Å². The van der Waals surface area contributed by atoms with Gasteiger partial charge in [0.2, 0.25) is 0 Å². The van der Waals surface area contributed by atoms with Crippen LogP contribution in [-0.2, 0) is 0 Å². The molecule has 1 aromatic heterocycles. The maximum absolute atomic E-state index is 13.0. The summed E-state index contributed by atoms with van der Waals surface area (Å²) in [4.78, 5) is 31.3. The minimum absolute atomic E-state index is 0.0779. The molecule has 8 heteroatoms. The Morgan fingerprint density at radius 2 is 1.47 bits per heavy atom. The number of nitrogens with zero attached hydrogens (tertiary/aromatic N) is 6. The Morgan fingerprint density at radius 1 is 0.882 bits per heavy atom. The summed E-state index contributed by atoms with van der Waals surface area (Å²) in [5.74, 6) is 3.66. The van der Waals surface area contributed by atoms with E-state index in [2.05, 4.69) is 39.7 Å². The van der Waals surface area contributed by atoms with Gasteiger partial charge in [-0.1, -0.05) is 19.8 Å². The van der Waals surface area contributed by atoms with Gasteiger partial charge < -0.3 is 24.3 Å². The average molecular weight is 467 g/mol. The van der Waals surface area contributed by atoms with Gasteiger partial charge in [0, 0.05) is 64.0 Å². The number of hydrogen-bond donors (Lipinski definition) is 0. The summed E-state index contributed by atoms with van der Waals surface area (Å²) in [5.41, 5.74) is 0.713. The van der Waals surface area contributed by atoms with Crippen molar-refractivity contribution < 1.29 is 9.53 Å². The Bertz CT molecular complexity index is 935. The van der Waals surface area contributed by atoms with Gasteiger partial charge in [-0.3, -0.25) is 4.79 Å². The monoisotopic (exact) mass is 466 g/mol. The fourth-order valence-corrected chi connectivity index (χ4v) is 4.45. The molecule has 3 heterocycles. The molecule has 8 nitrogen and oxygen atoms in total. The molecule has 4 rings (SSSR count). The number of hydrogen-bond acceptors (Lipinski definition) is 7. The molecule has 0 unspecified atom stereocenters. The molecule has 0 atom stereocenters. The molecule has 0 aliphatic carbocycles. The second-order valence-corrected chi connectivity index (χ2v) is 9.28. The van der Waals surface area contributed by atoms with E-state index in [1.165, 1.54) is 12.8 Å². The second kappa shape index (κ2) is 11.5. The van der Waals surface area contributed by atoms with E-state index < -0.39 is 0 Å². The van der Waals surface area contributed by atoms with E-state index in [0.29, 0.717) is 18.7 Å². The van der Waals surface area contributed by atoms with Crippen LogP contribution in [0, 0.1) is 6.92 Å². The number of rotatable bonds is 8. The molecule has 0 spiro atoms. The van der Waals surface area contributed by atoms with Gasteiger partial charge in [0.05, 0.1) is 6.61 Å². The number of unbranched alkanes of at least 4 members (excludes halogenated alkanes) is 2. The van der Waals surface area contributed by atoms with E-state index >= 15 is 0 Å². The van der Waals surface area contributed by atoms with Crippen molar-refractivity contribution in [2.24, 2.45) is 0 Å². The minimum Gasteiger partial charge on any atom is -0.494 e. The molecule has 1 amide bonds. The molecular weight excluding hydrogens is 428 g/mol. The summed E-state index contributed by atoms with van der Waals surface area (Å²) in [6.45, 7) is 11.8. The van der Waals surface area contributed by atoms with Crippen LogP contribution in [0.1, 0.15) is 42.4 Å². The van der Waals surface area contributed by atoms with Gasteiger partial charge >= 0.3 is 0 Å². The molecule has 2 aromatic rings. The number of anilines is 2. The van der Waals surface area contributed by atoms with Crippen molar-refractivity contribution in [3.05, 3.63) is 41.7 Å². The van der Waals surface area contributed by atoms with Gasteiger partial charge in [-0.25, -0.2) is 9.97 Å². The van der Waals surface area contributed by atoms with Crippen LogP contribution < -0.4 is 14.5 Å². The van der Waals surface area contributed by atoms with Crippen molar-refractivity contribution in [1.29, 1.82) is 0 Å². The van der Waals surface area contributed by atoms with Gasteiger partial charge in [-0.15, -0.1) is 0 Å². The summed E-state index contributed by atoms with van der Waals surface area (Å²) in [6.07, 6.45) is 3.41. The third-order valence-electron chi connectivity index (χ3n) is 6.65. The fraction of sp³-hybridized carbons (Fsp3) is 0.577. The predicted molar refractivity (Wildman–Crippen MR) is 136 cm³/mol. The SMILES string of the molecule is CCCCCOc1ccc(C(=O)N2CCN(c3cc(N4CCN(C)CC4)nc(C)n3)CC2)cc1. The maximum atomic E-state index is 13.0. The minimum atomic E-state index is 0.0779. The Morgan fingerprint density at radius 3 is 2.06 bits per heavy atom. The summed E-state index contributed by atoms with van der Waals surface area (Å²) in [6, 6.07) is 9.66. The van der Waals surface area contributed by atoms with Crippen LogP contribution in [0.25, 0.3) is 0 Å². The zero-order valence-corrected chi connectivity index (χ0v) is 20.9. The van der Waals surface area contributed by atoms with Crippen LogP contribution in [0.4, 0.5) is 11.6 Å². The quantitative estimate of drug-likeness (QED) is 0.554. The second-order valence-electron chi connectivity index (χ2n) is 9.28. The first-order valence-electron chi connectivity index (χ1n) is 12.6. The Labute approximate surface area is 203 Å². The van der Waals surface area contributed by atoms with Crippen molar-refractivity contribution in [3.63, 3.8) is 0 Å². The van der Waals surface area contributed by atoms with Gasteiger partial charge in [0.1, 0.15) is 23.2 Å². The molecule has 1 aromatic carbocycles. The third-order valence-corrected chi connectivity index (χ3v) is 6.65. The smallest absolute Gasteiger partial charge is 0.253 e. The lowest BCUT2D eigenvalue weighted by Gasteiger charge is -2.37. The van der Waals surface area contributed by atoms with E-state index in [9.17, 15) is 4.79 Å². The number of aryl methyl sites for hydroxylation is 1. The summed E-state index contributed by atoms with van der Waals surface area (Å²) < 4.78 is 5.77. The van der Waals surface area contributed by atoms with Gasteiger partial charge in [-0.05, 0) is 44.7 Å². The number of benzene rings is 1. The van der Waals surface area contributed by atoms with E-state index in [1.54, 1.807) is 0 Å². The molecular formula is C26H38N6O2. The maximum Gasteiger partial charge on any atom is 0.253 e. The Balaban J connectivity index is 1.32. The zero-order valence-electron chi connectivity index (χ0n) is 20.9. The summed E-state index contributed by atoms with van der Waals surface area (Å²) in [5, 5.41) is 0. The lowest BCUT2D eigenvalue weighted by molar-refractivity contribution is 0.0746. The Kier molecular flexibility index (Phi) is 8.21. The number of carbonyl (C=O) groups is 1. The van der Waals surface area contributed by atoms with Crippen molar-refractivity contribution in [2.45, 2.75) is 33.1 Å². The molecule has 0 radical (unpaired) electrons. The third kappa shape index (κ3) is 6.17. The van der Waals surface area contributed by atoms with E-state index in [4.69, 9.17) is 9.72 Å². The van der Waals surface area contributed by atoms with Gasteiger partial charge in [0.25, 0.3) is 5.91 Å². The van der Waals surface area contributed by atoms with Crippen LogP contribution >= 0.6 is 0 Å². The predicted octanol–water partition coefficient (Wildman–Crippen LogP) is 3.07. The number of piperazine rings is 2. The fourth-order valence-electron chi connectivity index (χ4n) is 4.45. The lowest BCUT2D eigenvalue weighted by Crippen LogP contribution is -2.49. The van der Waals surface area contributed by atoms with Crippen molar-refractivity contribution in [2.75, 3.05) is 75.8 Å². The molecule has 0 saturated carbocycles. The first kappa shape index (κ1) is 24.3. The van der Waals surface area contributed by atoms with Crippen LogP contribution in [0.2, 0.25) is 0 Å². The van der Waals surface area contributed by atoms with Crippen molar-refractivity contribution >= 4 is 17.5 Å². The van der Waals surface area contributed by atoms with Crippen LogP contribution in [0.3, 0.4) is 0 Å². The topological polar surface area (TPSA) is 65.0 Å². The number of aromatic nitrogens is 2. The number of amides is 1. The molecule has 2 saturated heterocycles. The highest BCUT2D eigenvalue weighted by Gasteiger charge is 2.24. The Hall–Kier alpha value is -2.87. The van der Waals surface area contributed by atoms with Crippen molar-refractivity contribution in [1.82, 2.24) is 19.8 Å². The number of carbonyl (C=O) groups excluding carboxylic acids is 1. The van der Waals surface area contributed by atoms with E-state index in [-0.39, 0.29) is 5.91 Å². The normalized spacial score (nSPS) is 17.2. The first-order chi connectivity index (χ1) is 16.5. The average Bonchev–Trinajstić information content (AvgIpc) is 2.87.